The van der Waals surface area contributed by atoms with E-state index in [2.05, 4.69) is 15.0 Å². The molecule has 0 N–H and O–H groups in total. The van der Waals surface area contributed by atoms with Crippen LogP contribution in [0.25, 0.3) is 44.8 Å². The van der Waals surface area contributed by atoms with Gasteiger partial charge in [0, 0.05) is 49.3 Å². The van der Waals surface area contributed by atoms with Crippen LogP contribution in [0, 0.1) is 11.8 Å². The molecule has 18 heteroatoms. The third kappa shape index (κ3) is 11.0. The molecule has 312 valence electrons. The normalized spacial score (nSPS) is 14.0. The monoisotopic (exact) mass is 964 g/mol. The Morgan fingerprint density at radius 2 is 0.983 bits per heavy atom. The summed E-state index contributed by atoms with van der Waals surface area (Å²) in [5.41, 5.74) is 3.94. The van der Waals surface area contributed by atoms with E-state index in [-0.39, 0.29) is 16.3 Å². The zero-order valence-electron chi connectivity index (χ0n) is 31.8. The molecule has 0 atom stereocenters. The molecule has 8 rings (SSSR count). The predicted octanol–water partition coefficient (Wildman–Crippen LogP) is 11.9. The first kappa shape index (κ1) is 44.3. The molecule has 2 heterocycles. The van der Waals surface area contributed by atoms with E-state index in [1.165, 1.54) is 43.9 Å². The standard InChI is InChI=1S/C24H21Cl3N2O2.C18H13Cl3N2O4S2/c25-17-7-5-16(6-8-17)21-22(19-10-9-18(26)11-20(19)27)28-24(31-13-15-3-4-15)29-23(21)30-12-14-1-2-14;1-28(24,25)17-15(10-3-5-11(19)6-4-10)16(22-18(23-17)29(2,26)27)13-8-7-12(20)9-14(13)21/h5-11,14-15H,1-4,12-13H2;3-9H,1-2H3. The highest BCUT2D eigenvalue weighted by Gasteiger charge is 2.29. The molecule has 0 radical (unpaired) electrons. The third-order valence-corrected chi connectivity index (χ3v) is 12.8. The minimum absolute atomic E-state index is 0.0461. The fourth-order valence-electron chi connectivity index (χ4n) is 5.91. The Morgan fingerprint density at radius 3 is 1.43 bits per heavy atom. The van der Waals surface area contributed by atoms with Crippen molar-refractivity contribution in [2.24, 2.45) is 11.8 Å². The van der Waals surface area contributed by atoms with Gasteiger partial charge in [-0.2, -0.15) is 9.97 Å². The number of hydrogen-bond acceptors (Lipinski definition) is 10. The molecule has 2 fully saturated rings. The van der Waals surface area contributed by atoms with Gasteiger partial charge < -0.3 is 9.47 Å². The Morgan fingerprint density at radius 1 is 0.533 bits per heavy atom. The van der Waals surface area contributed by atoms with E-state index >= 15 is 0 Å². The summed E-state index contributed by atoms with van der Waals surface area (Å²) < 4.78 is 61.5. The lowest BCUT2D eigenvalue weighted by molar-refractivity contribution is 0.257. The predicted molar refractivity (Wildman–Crippen MR) is 239 cm³/mol. The molecule has 0 spiro atoms. The van der Waals surface area contributed by atoms with Gasteiger partial charge in [0.1, 0.15) is 0 Å². The highest BCUT2D eigenvalue weighted by molar-refractivity contribution is 7.91. The number of halogens is 6. The Balaban J connectivity index is 0.000000182. The number of benzene rings is 4. The van der Waals surface area contributed by atoms with Crippen molar-refractivity contribution in [3.8, 4) is 56.7 Å². The van der Waals surface area contributed by atoms with Gasteiger partial charge in [0.15, 0.2) is 14.9 Å². The molecular weight excluding hydrogens is 933 g/mol. The Bertz CT molecular complexity index is 2810. The van der Waals surface area contributed by atoms with Crippen LogP contribution < -0.4 is 9.47 Å². The fourth-order valence-corrected chi connectivity index (χ4v) is 8.57. The number of rotatable bonds is 12. The van der Waals surface area contributed by atoms with Gasteiger partial charge in [0.2, 0.25) is 20.9 Å². The summed E-state index contributed by atoms with van der Waals surface area (Å²) in [6.45, 7) is 1.23. The summed E-state index contributed by atoms with van der Waals surface area (Å²) in [6.07, 6.45) is 6.57. The van der Waals surface area contributed by atoms with Gasteiger partial charge >= 0.3 is 6.01 Å². The molecular formula is C42H34Cl6N4O6S2. The Kier molecular flexibility index (Phi) is 13.5. The van der Waals surface area contributed by atoms with Crippen molar-refractivity contribution in [3.05, 3.63) is 115 Å². The third-order valence-electron chi connectivity index (χ3n) is 9.33. The van der Waals surface area contributed by atoms with Crippen LogP contribution in [0.15, 0.2) is 95.1 Å². The lowest BCUT2D eigenvalue weighted by Crippen LogP contribution is -2.13. The average Bonchev–Trinajstić information content (AvgIpc) is 4.13. The molecule has 10 nitrogen and oxygen atoms in total. The molecule has 0 saturated heterocycles. The number of hydrogen-bond donors (Lipinski definition) is 0. The maximum Gasteiger partial charge on any atom is 0.320 e. The first-order chi connectivity index (χ1) is 28.4. The van der Waals surface area contributed by atoms with Crippen LogP contribution in [0.5, 0.6) is 11.9 Å². The molecule has 2 aliphatic rings. The molecule has 0 bridgehead atoms. The van der Waals surface area contributed by atoms with Crippen LogP contribution in [-0.2, 0) is 19.7 Å². The SMILES string of the molecule is CS(=O)(=O)c1nc(-c2ccc(Cl)cc2Cl)c(-c2ccc(Cl)cc2)c(S(C)(=O)=O)n1.Clc1ccc(-c2c(OCC3CC3)nc(OCC3CC3)nc2-c2ccc(Cl)cc2Cl)cc1. The van der Waals surface area contributed by atoms with Crippen molar-refractivity contribution in [1.29, 1.82) is 0 Å². The lowest BCUT2D eigenvalue weighted by atomic mass is 10.00. The Labute approximate surface area is 378 Å². The summed E-state index contributed by atoms with van der Waals surface area (Å²) in [6, 6.07) is 24.1. The van der Waals surface area contributed by atoms with Crippen LogP contribution in [-0.4, -0.2) is 62.5 Å². The average molecular weight is 968 g/mol. The van der Waals surface area contributed by atoms with E-state index in [4.69, 9.17) is 84.1 Å². The summed E-state index contributed by atoms with van der Waals surface area (Å²) in [4.78, 5) is 17.4. The first-order valence-electron chi connectivity index (χ1n) is 18.4. The van der Waals surface area contributed by atoms with Gasteiger partial charge in [0.25, 0.3) is 0 Å². The van der Waals surface area contributed by atoms with Crippen LogP contribution in [0.1, 0.15) is 25.7 Å². The maximum atomic E-state index is 12.5. The quantitative estimate of drug-likeness (QED) is 0.0860. The summed E-state index contributed by atoms with van der Waals surface area (Å²) >= 11 is 37.1. The number of aromatic nitrogens is 4. The number of ether oxygens (including phenoxy) is 2. The lowest BCUT2D eigenvalue weighted by Gasteiger charge is -2.17. The Hall–Kier alpha value is -3.72. The van der Waals surface area contributed by atoms with Crippen molar-refractivity contribution in [1.82, 2.24) is 19.9 Å². The molecule has 60 heavy (non-hydrogen) atoms. The molecule has 2 aromatic heterocycles. The van der Waals surface area contributed by atoms with E-state index < -0.39 is 29.9 Å². The highest BCUT2D eigenvalue weighted by atomic mass is 35.5. The second-order valence-corrected chi connectivity index (χ2v) is 20.8. The minimum atomic E-state index is -3.94. The van der Waals surface area contributed by atoms with Crippen LogP contribution in [0.4, 0.5) is 0 Å². The molecule has 0 aliphatic heterocycles. The van der Waals surface area contributed by atoms with E-state index in [9.17, 15) is 16.8 Å². The molecule has 0 amide bonds. The van der Waals surface area contributed by atoms with E-state index in [0.717, 1.165) is 29.2 Å². The van der Waals surface area contributed by atoms with Gasteiger partial charge in [-0.05, 0) is 109 Å². The topological polar surface area (TPSA) is 138 Å². The molecule has 0 unspecified atom stereocenters. The van der Waals surface area contributed by atoms with Gasteiger partial charge in [-0.25, -0.2) is 26.8 Å². The van der Waals surface area contributed by atoms with Crippen molar-refractivity contribution >= 4 is 89.3 Å². The van der Waals surface area contributed by atoms with E-state index in [1.807, 2.05) is 30.3 Å². The van der Waals surface area contributed by atoms with Crippen molar-refractivity contribution in [2.75, 3.05) is 25.7 Å². The first-order valence-corrected chi connectivity index (χ1v) is 24.4. The van der Waals surface area contributed by atoms with Crippen LogP contribution in [0.2, 0.25) is 30.1 Å². The zero-order valence-corrected chi connectivity index (χ0v) is 38.0. The molecule has 6 aromatic rings. The van der Waals surface area contributed by atoms with E-state index in [1.54, 1.807) is 36.4 Å². The van der Waals surface area contributed by atoms with Crippen LogP contribution in [0.3, 0.4) is 0 Å². The molecule has 2 saturated carbocycles. The maximum absolute atomic E-state index is 12.5. The van der Waals surface area contributed by atoms with Gasteiger partial charge in [-0.15, -0.1) is 0 Å². The zero-order chi connectivity index (χ0) is 42.9. The smallest absolute Gasteiger partial charge is 0.320 e. The molecule has 2 aliphatic carbocycles. The number of nitrogens with zero attached hydrogens (tertiary/aromatic N) is 4. The second-order valence-electron chi connectivity index (χ2n) is 14.4. The van der Waals surface area contributed by atoms with Crippen molar-refractivity contribution in [2.45, 2.75) is 35.9 Å². The summed E-state index contributed by atoms with van der Waals surface area (Å²) in [5, 5.41) is 1.62. The summed E-state index contributed by atoms with van der Waals surface area (Å²) in [7, 11) is -7.86. The van der Waals surface area contributed by atoms with Gasteiger partial charge in [-0.1, -0.05) is 93.9 Å². The summed E-state index contributed by atoms with van der Waals surface area (Å²) in [5.74, 6) is 1.65. The van der Waals surface area contributed by atoms with Gasteiger partial charge in [-0.3, -0.25) is 0 Å². The van der Waals surface area contributed by atoms with Crippen LogP contribution >= 0.6 is 69.6 Å². The van der Waals surface area contributed by atoms with Crippen molar-refractivity contribution in [3.63, 3.8) is 0 Å². The fraction of sp³-hybridized carbons (Fsp3) is 0.238. The minimum Gasteiger partial charge on any atom is -0.477 e. The highest BCUT2D eigenvalue weighted by Crippen LogP contribution is 2.44. The van der Waals surface area contributed by atoms with E-state index in [0.29, 0.717) is 78.9 Å². The number of sulfone groups is 2. The largest absolute Gasteiger partial charge is 0.477 e. The van der Waals surface area contributed by atoms with Gasteiger partial charge in [0.05, 0.1) is 40.2 Å². The molecule has 4 aromatic carbocycles. The second kappa shape index (κ2) is 18.3. The van der Waals surface area contributed by atoms with Crippen molar-refractivity contribution < 1.29 is 26.3 Å².